The molecule has 0 unspecified atom stereocenters. The van der Waals surface area contributed by atoms with Crippen LogP contribution in [0.3, 0.4) is 0 Å². The first-order valence-electron chi connectivity index (χ1n) is 4.68. The fourth-order valence-corrected chi connectivity index (χ4v) is 1.77. The smallest absolute Gasteiger partial charge is 0.270 e. The molecule has 0 spiro atoms. The van der Waals surface area contributed by atoms with Gasteiger partial charge in [-0.05, 0) is 6.42 Å². The van der Waals surface area contributed by atoms with E-state index in [2.05, 4.69) is 23.7 Å². The van der Waals surface area contributed by atoms with Crippen molar-refractivity contribution in [3.05, 3.63) is 23.1 Å². The van der Waals surface area contributed by atoms with Crippen molar-refractivity contribution in [1.29, 1.82) is 0 Å². The summed E-state index contributed by atoms with van der Waals surface area (Å²) >= 11 is 1.52. The Labute approximate surface area is 87.4 Å². The van der Waals surface area contributed by atoms with Crippen molar-refractivity contribution in [1.82, 2.24) is 14.8 Å². The summed E-state index contributed by atoms with van der Waals surface area (Å²) in [7, 11) is 0. The average molecular weight is 213 g/mol. The molecule has 0 amide bonds. The molecule has 14 heavy (non-hydrogen) atoms. The molecule has 0 saturated heterocycles. The van der Waals surface area contributed by atoms with Gasteiger partial charge < -0.3 is 0 Å². The van der Waals surface area contributed by atoms with Gasteiger partial charge in [0, 0.05) is 12.3 Å². The molecule has 1 aromatic rings. The first-order valence-corrected chi connectivity index (χ1v) is 5.67. The number of hydrogen-bond acceptors (Lipinski definition) is 3. The molecule has 0 aliphatic carbocycles. The fraction of sp³-hybridized carbons (Fsp3) is 0.556. The molecule has 0 aliphatic heterocycles. The normalized spacial score (nSPS) is 10.4. The van der Waals surface area contributed by atoms with Gasteiger partial charge in [-0.3, -0.25) is 4.57 Å². The summed E-state index contributed by atoms with van der Waals surface area (Å²) in [4.78, 5) is 11.3. The molecular formula is C9H15N3OS. The topological polar surface area (TPSA) is 50.7 Å². The van der Waals surface area contributed by atoms with Crippen LogP contribution in [0.4, 0.5) is 0 Å². The number of unbranched alkanes of at least 4 members (excludes halogenated alkanes) is 1. The predicted octanol–water partition coefficient (Wildman–Crippen LogP) is 1.65. The Balaban J connectivity index is 2.72. The van der Waals surface area contributed by atoms with Crippen LogP contribution >= 0.6 is 11.8 Å². The van der Waals surface area contributed by atoms with Gasteiger partial charge in [-0.1, -0.05) is 31.2 Å². The molecule has 0 radical (unpaired) electrons. The van der Waals surface area contributed by atoms with Gasteiger partial charge >= 0.3 is 5.69 Å². The number of thioether (sulfide) groups is 1. The minimum absolute atomic E-state index is 0.120. The molecule has 1 rings (SSSR count). The quantitative estimate of drug-likeness (QED) is 0.577. The summed E-state index contributed by atoms with van der Waals surface area (Å²) in [5, 5.41) is 7.16. The number of aromatic nitrogens is 3. The lowest BCUT2D eigenvalue weighted by Crippen LogP contribution is -2.17. The van der Waals surface area contributed by atoms with Gasteiger partial charge in [-0.15, -0.1) is 11.7 Å². The largest absolute Gasteiger partial charge is 0.343 e. The third-order valence-electron chi connectivity index (χ3n) is 1.79. The second kappa shape index (κ2) is 5.70. The number of nitrogens with one attached hydrogen (secondary N) is 1. The SMILES string of the molecule is C=CCSc1n[nH]c(=O)n1CCCC. The third kappa shape index (κ3) is 2.77. The first-order chi connectivity index (χ1) is 6.79. The van der Waals surface area contributed by atoms with Gasteiger partial charge in [0.25, 0.3) is 0 Å². The summed E-state index contributed by atoms with van der Waals surface area (Å²) in [6.45, 7) is 6.47. The first kappa shape index (κ1) is 11.1. The van der Waals surface area contributed by atoms with Crippen molar-refractivity contribution in [3.63, 3.8) is 0 Å². The highest BCUT2D eigenvalue weighted by atomic mass is 32.2. The summed E-state index contributed by atoms with van der Waals surface area (Å²) in [5.41, 5.74) is -0.120. The van der Waals surface area contributed by atoms with E-state index in [0.717, 1.165) is 30.3 Å². The van der Waals surface area contributed by atoms with Gasteiger partial charge in [0.05, 0.1) is 0 Å². The second-order valence-electron chi connectivity index (χ2n) is 2.92. The van der Waals surface area contributed by atoms with E-state index in [0.29, 0.717) is 0 Å². The van der Waals surface area contributed by atoms with Crippen LogP contribution in [0.25, 0.3) is 0 Å². The van der Waals surface area contributed by atoms with Crippen LogP contribution in [0.5, 0.6) is 0 Å². The second-order valence-corrected chi connectivity index (χ2v) is 3.90. The highest BCUT2D eigenvalue weighted by Crippen LogP contribution is 2.13. The Morgan fingerprint density at radius 1 is 1.71 bits per heavy atom. The van der Waals surface area contributed by atoms with Crippen molar-refractivity contribution >= 4 is 11.8 Å². The third-order valence-corrected chi connectivity index (χ3v) is 2.76. The lowest BCUT2D eigenvalue weighted by atomic mass is 10.3. The minimum atomic E-state index is -0.120. The highest BCUT2D eigenvalue weighted by molar-refractivity contribution is 7.99. The van der Waals surface area contributed by atoms with Crippen molar-refractivity contribution < 1.29 is 0 Å². The fourth-order valence-electron chi connectivity index (χ4n) is 1.06. The molecule has 78 valence electrons. The molecular weight excluding hydrogens is 198 g/mol. The molecule has 0 atom stereocenters. The monoisotopic (exact) mass is 213 g/mol. The lowest BCUT2D eigenvalue weighted by molar-refractivity contribution is 0.573. The molecule has 0 aliphatic rings. The van der Waals surface area contributed by atoms with E-state index in [-0.39, 0.29) is 5.69 Å². The number of aromatic amines is 1. The van der Waals surface area contributed by atoms with Crippen molar-refractivity contribution in [2.75, 3.05) is 5.75 Å². The van der Waals surface area contributed by atoms with Crippen LogP contribution in [0.1, 0.15) is 19.8 Å². The zero-order valence-corrected chi connectivity index (χ0v) is 9.14. The maximum Gasteiger partial charge on any atom is 0.343 e. The Kier molecular flexibility index (Phi) is 4.52. The Morgan fingerprint density at radius 2 is 2.50 bits per heavy atom. The zero-order valence-electron chi connectivity index (χ0n) is 8.32. The number of rotatable bonds is 6. The molecule has 5 heteroatoms. The van der Waals surface area contributed by atoms with Crippen LogP contribution in [0, 0.1) is 0 Å². The maximum atomic E-state index is 11.3. The number of nitrogens with zero attached hydrogens (tertiary/aromatic N) is 2. The van der Waals surface area contributed by atoms with Gasteiger partial charge in [0.15, 0.2) is 5.16 Å². The Bertz CT molecular complexity index is 342. The summed E-state index contributed by atoms with van der Waals surface area (Å²) in [6.07, 6.45) is 3.87. The highest BCUT2D eigenvalue weighted by Gasteiger charge is 2.06. The van der Waals surface area contributed by atoms with E-state index >= 15 is 0 Å². The van der Waals surface area contributed by atoms with Gasteiger partial charge in [0.2, 0.25) is 0 Å². The van der Waals surface area contributed by atoms with Gasteiger partial charge in [0.1, 0.15) is 0 Å². The van der Waals surface area contributed by atoms with Crippen LogP contribution in [-0.4, -0.2) is 20.5 Å². The van der Waals surface area contributed by atoms with E-state index in [4.69, 9.17) is 0 Å². The van der Waals surface area contributed by atoms with Gasteiger partial charge in [-0.2, -0.15) is 0 Å². The molecule has 1 N–H and O–H groups in total. The van der Waals surface area contributed by atoms with E-state index < -0.39 is 0 Å². The predicted molar refractivity (Wildman–Crippen MR) is 58.7 cm³/mol. The molecule has 0 bridgehead atoms. The average Bonchev–Trinajstić information content (AvgIpc) is 2.53. The molecule has 1 heterocycles. The molecule has 0 fully saturated rings. The van der Waals surface area contributed by atoms with E-state index in [1.165, 1.54) is 11.8 Å². The van der Waals surface area contributed by atoms with Crippen molar-refractivity contribution in [2.24, 2.45) is 0 Å². The molecule has 0 aromatic carbocycles. The van der Waals surface area contributed by atoms with E-state index in [1.54, 1.807) is 10.6 Å². The van der Waals surface area contributed by atoms with E-state index in [9.17, 15) is 4.79 Å². The summed E-state index contributed by atoms with van der Waals surface area (Å²) in [5.74, 6) is 0.774. The summed E-state index contributed by atoms with van der Waals surface area (Å²) in [6, 6.07) is 0. The molecule has 1 aromatic heterocycles. The Morgan fingerprint density at radius 3 is 3.14 bits per heavy atom. The summed E-state index contributed by atoms with van der Waals surface area (Å²) < 4.78 is 1.68. The van der Waals surface area contributed by atoms with Gasteiger partial charge in [-0.25, -0.2) is 9.89 Å². The van der Waals surface area contributed by atoms with Crippen LogP contribution < -0.4 is 5.69 Å². The molecule has 0 saturated carbocycles. The van der Waals surface area contributed by atoms with Crippen molar-refractivity contribution in [2.45, 2.75) is 31.5 Å². The van der Waals surface area contributed by atoms with Crippen molar-refractivity contribution in [3.8, 4) is 0 Å². The van der Waals surface area contributed by atoms with E-state index in [1.807, 2.05) is 0 Å². The molecule has 4 nitrogen and oxygen atoms in total. The Hall–Kier alpha value is -0.970. The van der Waals surface area contributed by atoms with Crippen LogP contribution in [-0.2, 0) is 6.54 Å². The minimum Gasteiger partial charge on any atom is -0.270 e. The number of H-pyrrole nitrogens is 1. The zero-order chi connectivity index (χ0) is 10.4. The lowest BCUT2D eigenvalue weighted by Gasteiger charge is -2.02. The standard InChI is InChI=1S/C9H15N3OS/c1-3-5-6-12-8(13)10-11-9(12)14-7-4-2/h4H,2-3,5-7H2,1H3,(H,10,13). The number of hydrogen-bond donors (Lipinski definition) is 1. The maximum absolute atomic E-state index is 11.3. The van der Waals surface area contributed by atoms with Crippen LogP contribution in [0.15, 0.2) is 22.6 Å². The van der Waals surface area contributed by atoms with Crippen LogP contribution in [0.2, 0.25) is 0 Å².